The van der Waals surface area contributed by atoms with Crippen molar-refractivity contribution >= 4 is 15.9 Å². The maximum Gasteiger partial charge on any atom is 0.251 e. The van der Waals surface area contributed by atoms with Crippen molar-refractivity contribution in [1.29, 1.82) is 0 Å². The fraction of sp³-hybridized carbons (Fsp3) is 0.667. The van der Waals surface area contributed by atoms with Crippen molar-refractivity contribution in [2.75, 3.05) is 13.1 Å². The lowest BCUT2D eigenvalue weighted by atomic mass is 9.94. The highest BCUT2D eigenvalue weighted by Gasteiger charge is 2.31. The van der Waals surface area contributed by atoms with Crippen molar-refractivity contribution in [2.45, 2.75) is 69.7 Å². The van der Waals surface area contributed by atoms with Crippen LogP contribution in [0.1, 0.15) is 69.2 Å². The van der Waals surface area contributed by atoms with E-state index in [1.807, 2.05) is 0 Å². The highest BCUT2D eigenvalue weighted by Crippen LogP contribution is 2.27. The number of benzene rings is 1. The highest BCUT2D eigenvalue weighted by molar-refractivity contribution is 7.89. The summed E-state index contributed by atoms with van der Waals surface area (Å²) >= 11 is 0. The molecular weight excluding hydrogens is 360 g/mol. The van der Waals surface area contributed by atoms with E-state index in [-0.39, 0.29) is 16.8 Å². The van der Waals surface area contributed by atoms with Crippen LogP contribution in [0, 0.1) is 11.8 Å². The van der Waals surface area contributed by atoms with Crippen molar-refractivity contribution in [3.05, 3.63) is 29.8 Å². The molecule has 1 saturated carbocycles. The van der Waals surface area contributed by atoms with E-state index in [0.29, 0.717) is 30.5 Å². The third-order valence-corrected chi connectivity index (χ3v) is 7.63. The van der Waals surface area contributed by atoms with Gasteiger partial charge in [-0.15, -0.1) is 0 Å². The number of sulfonamides is 1. The fourth-order valence-electron chi connectivity index (χ4n) is 4.42. The van der Waals surface area contributed by atoms with Crippen LogP contribution in [-0.2, 0) is 10.0 Å². The molecule has 0 unspecified atom stereocenters. The summed E-state index contributed by atoms with van der Waals surface area (Å²) in [6.45, 7) is 5.32. The van der Waals surface area contributed by atoms with Gasteiger partial charge in [0, 0.05) is 24.7 Å². The van der Waals surface area contributed by atoms with Crippen LogP contribution in [0.5, 0.6) is 0 Å². The molecule has 27 heavy (non-hydrogen) atoms. The topological polar surface area (TPSA) is 66.5 Å². The summed E-state index contributed by atoms with van der Waals surface area (Å²) in [7, 11) is -3.50. The van der Waals surface area contributed by atoms with Crippen LogP contribution in [0.25, 0.3) is 0 Å². The lowest BCUT2D eigenvalue weighted by molar-refractivity contribution is 0.0933. The molecule has 150 valence electrons. The third-order valence-electron chi connectivity index (χ3n) is 5.78. The van der Waals surface area contributed by atoms with E-state index in [1.54, 1.807) is 28.6 Å². The third kappa shape index (κ3) is 5.11. The van der Waals surface area contributed by atoms with Gasteiger partial charge in [-0.25, -0.2) is 8.42 Å². The number of nitrogens with one attached hydrogen (secondary N) is 1. The predicted molar refractivity (Wildman–Crippen MR) is 107 cm³/mol. The first kappa shape index (κ1) is 20.3. The van der Waals surface area contributed by atoms with Crippen LogP contribution < -0.4 is 5.32 Å². The quantitative estimate of drug-likeness (QED) is 0.793. The van der Waals surface area contributed by atoms with E-state index in [2.05, 4.69) is 19.2 Å². The van der Waals surface area contributed by atoms with Gasteiger partial charge in [0.25, 0.3) is 5.91 Å². The molecule has 5 nitrogen and oxygen atoms in total. The maximum atomic E-state index is 12.9. The van der Waals surface area contributed by atoms with E-state index in [4.69, 9.17) is 0 Å². The fourth-order valence-corrected chi connectivity index (χ4v) is 6.10. The van der Waals surface area contributed by atoms with Crippen molar-refractivity contribution in [2.24, 2.45) is 11.8 Å². The van der Waals surface area contributed by atoms with E-state index in [1.165, 1.54) is 12.8 Å². The molecule has 2 atom stereocenters. The minimum Gasteiger partial charge on any atom is -0.349 e. The summed E-state index contributed by atoms with van der Waals surface area (Å²) in [5.74, 6) is 0.632. The monoisotopic (exact) mass is 392 g/mol. The molecule has 1 amide bonds. The summed E-state index contributed by atoms with van der Waals surface area (Å²) in [5.41, 5.74) is 0.526. The van der Waals surface area contributed by atoms with Crippen LogP contribution in [0.4, 0.5) is 0 Å². The van der Waals surface area contributed by atoms with Crippen molar-refractivity contribution in [1.82, 2.24) is 9.62 Å². The number of carbonyl (C=O) groups excluding carboxylic acids is 1. The Morgan fingerprint density at radius 2 is 1.52 bits per heavy atom. The number of amides is 1. The first-order valence-electron chi connectivity index (χ1n) is 10.3. The van der Waals surface area contributed by atoms with Gasteiger partial charge in [-0.05, 0) is 55.4 Å². The predicted octanol–water partition coefficient (Wildman–Crippen LogP) is 3.81. The molecule has 6 heteroatoms. The SMILES string of the molecule is C[C@@H]1C[C@H](C)CN(S(=O)(=O)c2ccc(C(=O)NC3CCCCCC3)cc2)C1. The molecule has 3 rings (SSSR count). The van der Waals surface area contributed by atoms with E-state index >= 15 is 0 Å². The zero-order chi connectivity index (χ0) is 19.4. The molecule has 0 radical (unpaired) electrons. The van der Waals surface area contributed by atoms with Crippen LogP contribution in [0.2, 0.25) is 0 Å². The largest absolute Gasteiger partial charge is 0.349 e. The number of hydrogen-bond acceptors (Lipinski definition) is 3. The number of nitrogens with zero attached hydrogens (tertiary/aromatic N) is 1. The van der Waals surface area contributed by atoms with Crippen LogP contribution >= 0.6 is 0 Å². The van der Waals surface area contributed by atoms with E-state index in [9.17, 15) is 13.2 Å². The molecule has 1 N–H and O–H groups in total. The first-order chi connectivity index (χ1) is 12.9. The lowest BCUT2D eigenvalue weighted by Crippen LogP contribution is -2.42. The van der Waals surface area contributed by atoms with E-state index in [0.717, 1.165) is 32.1 Å². The van der Waals surface area contributed by atoms with Gasteiger partial charge in [-0.1, -0.05) is 39.5 Å². The smallest absolute Gasteiger partial charge is 0.251 e. The minimum atomic E-state index is -3.50. The summed E-state index contributed by atoms with van der Waals surface area (Å²) in [6.07, 6.45) is 7.93. The Morgan fingerprint density at radius 3 is 2.07 bits per heavy atom. The van der Waals surface area contributed by atoms with Gasteiger partial charge >= 0.3 is 0 Å². The average Bonchev–Trinajstić information content (AvgIpc) is 2.89. The van der Waals surface area contributed by atoms with E-state index < -0.39 is 10.0 Å². The molecule has 0 aromatic heterocycles. The number of rotatable bonds is 4. The molecule has 1 aromatic carbocycles. The Hall–Kier alpha value is -1.40. The Labute approximate surface area is 163 Å². The van der Waals surface area contributed by atoms with Gasteiger partial charge in [-0.2, -0.15) is 4.31 Å². The molecule has 1 saturated heterocycles. The molecule has 1 heterocycles. The van der Waals surface area contributed by atoms with Gasteiger partial charge in [0.1, 0.15) is 0 Å². The summed E-state index contributed by atoms with van der Waals surface area (Å²) in [4.78, 5) is 12.8. The van der Waals surface area contributed by atoms with Crippen molar-refractivity contribution < 1.29 is 13.2 Å². The molecule has 1 aliphatic heterocycles. The zero-order valence-corrected chi connectivity index (χ0v) is 17.3. The second kappa shape index (κ2) is 8.74. The molecule has 2 aliphatic rings. The van der Waals surface area contributed by atoms with Gasteiger partial charge in [-0.3, -0.25) is 4.79 Å². The number of piperidine rings is 1. The zero-order valence-electron chi connectivity index (χ0n) is 16.5. The molecule has 2 fully saturated rings. The normalized spacial score (nSPS) is 25.7. The molecule has 1 aliphatic carbocycles. The Bertz CT molecular complexity index is 727. The molecule has 0 bridgehead atoms. The van der Waals surface area contributed by atoms with Crippen molar-refractivity contribution in [3.63, 3.8) is 0 Å². The number of hydrogen-bond donors (Lipinski definition) is 1. The summed E-state index contributed by atoms with van der Waals surface area (Å²) in [5, 5.41) is 3.11. The summed E-state index contributed by atoms with van der Waals surface area (Å²) in [6, 6.07) is 6.65. The molecular formula is C21H32N2O3S. The molecule has 1 aromatic rings. The Kier molecular flexibility index (Phi) is 6.58. The average molecular weight is 393 g/mol. The second-order valence-corrected chi connectivity index (χ2v) is 10.4. The minimum absolute atomic E-state index is 0.105. The van der Waals surface area contributed by atoms with Crippen LogP contribution in [0.3, 0.4) is 0 Å². The van der Waals surface area contributed by atoms with Crippen molar-refractivity contribution in [3.8, 4) is 0 Å². The number of carbonyl (C=O) groups is 1. The Morgan fingerprint density at radius 1 is 0.963 bits per heavy atom. The standard InChI is InChI=1S/C21H32N2O3S/c1-16-13-17(2)15-23(14-16)27(25,26)20-11-9-18(10-12-20)21(24)22-19-7-5-3-4-6-8-19/h9-12,16-17,19H,3-8,13-15H2,1-2H3,(H,22,24)/t16-,17+. The van der Waals surface area contributed by atoms with Crippen LogP contribution in [0.15, 0.2) is 29.2 Å². The van der Waals surface area contributed by atoms with Gasteiger partial charge in [0.05, 0.1) is 4.90 Å². The first-order valence-corrected chi connectivity index (χ1v) is 11.7. The van der Waals surface area contributed by atoms with Gasteiger partial charge in [0.15, 0.2) is 0 Å². The maximum absolute atomic E-state index is 12.9. The summed E-state index contributed by atoms with van der Waals surface area (Å²) < 4.78 is 27.5. The van der Waals surface area contributed by atoms with Gasteiger partial charge in [0.2, 0.25) is 10.0 Å². The highest BCUT2D eigenvalue weighted by atomic mass is 32.2. The Balaban J connectivity index is 1.67. The molecule has 0 spiro atoms. The van der Waals surface area contributed by atoms with Gasteiger partial charge < -0.3 is 5.32 Å². The lowest BCUT2D eigenvalue weighted by Gasteiger charge is -2.34. The van der Waals surface area contributed by atoms with Crippen LogP contribution in [-0.4, -0.2) is 37.8 Å². The second-order valence-electron chi connectivity index (χ2n) is 8.45.